The Kier molecular flexibility index (Phi) is 7.06. The van der Waals surface area contributed by atoms with Crippen LogP contribution >= 0.6 is 0 Å². The zero-order valence-electron chi connectivity index (χ0n) is 17.6. The fourth-order valence-electron chi connectivity index (χ4n) is 3.24. The number of benzene rings is 2. The molecule has 0 saturated heterocycles. The van der Waals surface area contributed by atoms with Gasteiger partial charge in [-0.2, -0.15) is 0 Å². The number of carbonyl (C=O) groups excluding carboxylic acids is 2. The van der Waals surface area contributed by atoms with Crippen molar-refractivity contribution in [2.75, 3.05) is 13.7 Å². The number of imidazole rings is 1. The Morgan fingerprint density at radius 3 is 2.70 bits per heavy atom. The summed E-state index contributed by atoms with van der Waals surface area (Å²) >= 11 is 0. The molecule has 1 heterocycles. The van der Waals surface area contributed by atoms with Crippen molar-refractivity contribution in [3.63, 3.8) is 0 Å². The van der Waals surface area contributed by atoms with Gasteiger partial charge in [0, 0.05) is 18.5 Å². The largest absolute Gasteiger partial charge is 0.497 e. The lowest BCUT2D eigenvalue weighted by molar-refractivity contribution is -0.148. The molecule has 3 aromatic rings. The maximum absolute atomic E-state index is 12.3. The maximum Gasteiger partial charge on any atom is 0.326 e. The Hall–Kier alpha value is -3.35. The Bertz CT molecular complexity index is 1030. The highest BCUT2D eigenvalue weighted by molar-refractivity contribution is 5.94. The van der Waals surface area contributed by atoms with E-state index in [1.54, 1.807) is 31.4 Å². The number of rotatable bonds is 9. The van der Waals surface area contributed by atoms with E-state index in [4.69, 9.17) is 9.47 Å². The predicted molar refractivity (Wildman–Crippen MR) is 115 cm³/mol. The molecule has 1 N–H and O–H groups in total. The standard InChI is InChI=1S/C23H27N3O4/c1-16(2)30-22(27)15-26-20-11-5-4-10-19(20)25-21(26)12-7-13-24-23(28)17-8-6-9-18(14-17)29-3/h4-6,8-11,14,16H,7,12-13,15H2,1-3H3,(H,24,28). The van der Waals surface area contributed by atoms with Crippen molar-refractivity contribution in [3.05, 3.63) is 59.9 Å². The summed E-state index contributed by atoms with van der Waals surface area (Å²) in [5.74, 6) is 1.00. The van der Waals surface area contributed by atoms with E-state index in [1.165, 1.54) is 0 Å². The van der Waals surface area contributed by atoms with E-state index in [0.29, 0.717) is 30.7 Å². The number of amides is 1. The first-order chi connectivity index (χ1) is 14.5. The molecule has 0 unspecified atom stereocenters. The van der Waals surface area contributed by atoms with Gasteiger partial charge in [-0.3, -0.25) is 9.59 Å². The Balaban J connectivity index is 1.63. The zero-order chi connectivity index (χ0) is 21.5. The third-order valence-electron chi connectivity index (χ3n) is 4.58. The van der Waals surface area contributed by atoms with Crippen molar-refractivity contribution >= 4 is 22.9 Å². The van der Waals surface area contributed by atoms with Gasteiger partial charge in [-0.25, -0.2) is 4.98 Å². The average molecular weight is 409 g/mol. The monoisotopic (exact) mass is 409 g/mol. The molecule has 0 aliphatic heterocycles. The van der Waals surface area contributed by atoms with Gasteiger partial charge in [-0.15, -0.1) is 0 Å². The van der Waals surface area contributed by atoms with Crippen molar-refractivity contribution < 1.29 is 19.1 Å². The van der Waals surface area contributed by atoms with E-state index in [1.807, 2.05) is 42.7 Å². The molecule has 0 atom stereocenters. The minimum absolute atomic E-state index is 0.115. The number of ether oxygens (including phenoxy) is 2. The maximum atomic E-state index is 12.3. The number of hydrogen-bond acceptors (Lipinski definition) is 5. The van der Waals surface area contributed by atoms with Gasteiger partial charge in [0.25, 0.3) is 5.91 Å². The number of fused-ring (bicyclic) bond motifs is 1. The van der Waals surface area contributed by atoms with Gasteiger partial charge in [0.2, 0.25) is 0 Å². The second-order valence-corrected chi connectivity index (χ2v) is 7.23. The average Bonchev–Trinajstić information content (AvgIpc) is 3.07. The van der Waals surface area contributed by atoms with Crippen LogP contribution in [0, 0.1) is 0 Å². The molecular formula is C23H27N3O4. The molecule has 0 saturated carbocycles. The summed E-state index contributed by atoms with van der Waals surface area (Å²) in [6, 6.07) is 14.7. The summed E-state index contributed by atoms with van der Waals surface area (Å²) in [6.45, 7) is 4.27. The second kappa shape index (κ2) is 9.91. The number of aromatic nitrogens is 2. The van der Waals surface area contributed by atoms with Crippen molar-refractivity contribution in [2.24, 2.45) is 0 Å². The molecule has 0 fully saturated rings. The van der Waals surface area contributed by atoms with Gasteiger partial charge in [0.15, 0.2) is 0 Å². The van der Waals surface area contributed by atoms with Crippen LogP contribution in [0.25, 0.3) is 11.0 Å². The van der Waals surface area contributed by atoms with Crippen LogP contribution in [0.15, 0.2) is 48.5 Å². The first kappa shape index (κ1) is 21.4. The Labute approximate surface area is 176 Å². The summed E-state index contributed by atoms with van der Waals surface area (Å²) < 4.78 is 12.3. The molecule has 0 bridgehead atoms. The third-order valence-corrected chi connectivity index (χ3v) is 4.58. The van der Waals surface area contributed by atoms with Crippen LogP contribution in [0.5, 0.6) is 5.75 Å². The molecule has 7 heteroatoms. The van der Waals surface area contributed by atoms with Gasteiger partial charge in [-0.1, -0.05) is 18.2 Å². The fraction of sp³-hybridized carbons (Fsp3) is 0.348. The number of methoxy groups -OCH3 is 1. The van der Waals surface area contributed by atoms with Gasteiger partial charge in [-0.05, 0) is 50.6 Å². The van der Waals surface area contributed by atoms with Crippen molar-refractivity contribution in [1.29, 1.82) is 0 Å². The predicted octanol–water partition coefficient (Wildman–Crippen LogP) is 3.36. The number of carbonyl (C=O) groups is 2. The number of esters is 1. The van der Waals surface area contributed by atoms with E-state index in [0.717, 1.165) is 16.9 Å². The minimum atomic E-state index is -0.291. The van der Waals surface area contributed by atoms with E-state index in [2.05, 4.69) is 10.3 Å². The Morgan fingerprint density at radius 1 is 1.13 bits per heavy atom. The minimum Gasteiger partial charge on any atom is -0.497 e. The molecule has 7 nitrogen and oxygen atoms in total. The molecule has 1 amide bonds. The van der Waals surface area contributed by atoms with Crippen LogP contribution in [0.3, 0.4) is 0 Å². The Morgan fingerprint density at radius 2 is 1.93 bits per heavy atom. The molecule has 0 aliphatic carbocycles. The number of nitrogens with zero attached hydrogens (tertiary/aromatic N) is 2. The third kappa shape index (κ3) is 5.37. The zero-order valence-corrected chi connectivity index (χ0v) is 17.6. The number of aryl methyl sites for hydroxylation is 1. The lowest BCUT2D eigenvalue weighted by Crippen LogP contribution is -2.25. The lowest BCUT2D eigenvalue weighted by atomic mass is 10.2. The number of para-hydroxylation sites is 2. The van der Waals surface area contributed by atoms with Crippen LogP contribution in [0.2, 0.25) is 0 Å². The van der Waals surface area contributed by atoms with Gasteiger partial charge < -0.3 is 19.4 Å². The van der Waals surface area contributed by atoms with E-state index in [-0.39, 0.29) is 24.5 Å². The van der Waals surface area contributed by atoms with Crippen molar-refractivity contribution in [3.8, 4) is 5.75 Å². The van der Waals surface area contributed by atoms with E-state index < -0.39 is 0 Å². The van der Waals surface area contributed by atoms with Crippen LogP contribution in [0.1, 0.15) is 36.5 Å². The van der Waals surface area contributed by atoms with Crippen LogP contribution in [-0.2, 0) is 22.5 Å². The molecule has 30 heavy (non-hydrogen) atoms. The molecule has 3 rings (SSSR count). The van der Waals surface area contributed by atoms with Gasteiger partial charge in [0.05, 0.1) is 24.2 Å². The molecule has 0 spiro atoms. The summed E-state index contributed by atoms with van der Waals surface area (Å²) in [7, 11) is 1.57. The lowest BCUT2D eigenvalue weighted by Gasteiger charge is -2.12. The second-order valence-electron chi connectivity index (χ2n) is 7.23. The van der Waals surface area contributed by atoms with Crippen molar-refractivity contribution in [2.45, 2.75) is 39.3 Å². The van der Waals surface area contributed by atoms with Crippen molar-refractivity contribution in [1.82, 2.24) is 14.9 Å². The summed E-state index contributed by atoms with van der Waals surface area (Å²) in [6.07, 6.45) is 1.16. The SMILES string of the molecule is COc1cccc(C(=O)NCCCc2nc3ccccc3n2CC(=O)OC(C)C)c1. The quantitative estimate of drug-likeness (QED) is 0.433. The molecule has 1 aromatic heterocycles. The van der Waals surface area contributed by atoms with E-state index in [9.17, 15) is 9.59 Å². The molecule has 2 aromatic carbocycles. The summed E-state index contributed by atoms with van der Waals surface area (Å²) in [5.41, 5.74) is 2.29. The molecule has 0 radical (unpaired) electrons. The van der Waals surface area contributed by atoms with Crippen LogP contribution in [-0.4, -0.2) is 41.2 Å². The number of hydrogen-bond donors (Lipinski definition) is 1. The van der Waals surface area contributed by atoms with Gasteiger partial charge in [0.1, 0.15) is 18.1 Å². The first-order valence-electron chi connectivity index (χ1n) is 10.0. The van der Waals surface area contributed by atoms with E-state index >= 15 is 0 Å². The topological polar surface area (TPSA) is 82.5 Å². The highest BCUT2D eigenvalue weighted by Gasteiger charge is 2.15. The highest BCUT2D eigenvalue weighted by Crippen LogP contribution is 2.18. The normalized spacial score (nSPS) is 10.9. The first-order valence-corrected chi connectivity index (χ1v) is 10.0. The molecule has 158 valence electrons. The number of nitrogens with one attached hydrogen (secondary N) is 1. The summed E-state index contributed by atoms with van der Waals surface area (Å²) in [4.78, 5) is 29.2. The highest BCUT2D eigenvalue weighted by atomic mass is 16.5. The summed E-state index contributed by atoms with van der Waals surface area (Å²) in [5, 5.41) is 2.92. The van der Waals surface area contributed by atoms with Crippen LogP contribution in [0.4, 0.5) is 0 Å². The molecular weight excluding hydrogens is 382 g/mol. The van der Waals surface area contributed by atoms with Gasteiger partial charge >= 0.3 is 5.97 Å². The van der Waals surface area contributed by atoms with Crippen LogP contribution < -0.4 is 10.1 Å². The fourth-order valence-corrected chi connectivity index (χ4v) is 3.24. The molecule has 0 aliphatic rings. The smallest absolute Gasteiger partial charge is 0.326 e.